The van der Waals surface area contributed by atoms with E-state index in [-0.39, 0.29) is 5.82 Å². The Balaban J connectivity index is 2.26. The van der Waals surface area contributed by atoms with Gasteiger partial charge in [0, 0.05) is 36.0 Å². The van der Waals surface area contributed by atoms with Crippen molar-refractivity contribution in [2.24, 2.45) is 0 Å². The molecule has 0 atom stereocenters. The van der Waals surface area contributed by atoms with E-state index in [2.05, 4.69) is 24.3 Å². The van der Waals surface area contributed by atoms with Crippen molar-refractivity contribution in [3.05, 3.63) is 41.5 Å². The van der Waals surface area contributed by atoms with E-state index in [0.29, 0.717) is 18.2 Å². The molecule has 0 aliphatic heterocycles. The van der Waals surface area contributed by atoms with E-state index in [4.69, 9.17) is 0 Å². The van der Waals surface area contributed by atoms with Gasteiger partial charge in [-0.05, 0) is 25.5 Å². The first-order chi connectivity index (χ1) is 9.52. The van der Waals surface area contributed by atoms with Gasteiger partial charge in [-0.25, -0.2) is 4.39 Å². The average molecular weight is 275 g/mol. The number of hydrogen-bond donors (Lipinski definition) is 1. The number of nitrogens with zero attached hydrogens (tertiary/aromatic N) is 2. The number of benzene rings is 1. The molecule has 0 unspecified atom stereocenters. The van der Waals surface area contributed by atoms with E-state index in [9.17, 15) is 4.39 Å². The number of nitrogens with one attached hydrogen (secondary N) is 1. The lowest BCUT2D eigenvalue weighted by atomic mass is 10.0. The lowest BCUT2D eigenvalue weighted by Gasteiger charge is -2.10. The van der Waals surface area contributed by atoms with Crippen LogP contribution in [0.2, 0.25) is 0 Å². The molecule has 0 saturated carbocycles. The van der Waals surface area contributed by atoms with Crippen LogP contribution in [-0.4, -0.2) is 15.8 Å². The first-order valence-corrected chi connectivity index (χ1v) is 7.07. The fourth-order valence-corrected chi connectivity index (χ4v) is 2.22. The minimum Gasteiger partial charge on any atom is -0.310 e. The molecule has 0 fully saturated rings. The van der Waals surface area contributed by atoms with Crippen molar-refractivity contribution in [2.75, 3.05) is 0 Å². The molecule has 0 bridgehead atoms. The number of halogens is 1. The van der Waals surface area contributed by atoms with Crippen molar-refractivity contribution < 1.29 is 4.39 Å². The molecule has 1 aromatic carbocycles. The largest absolute Gasteiger partial charge is 0.310 e. The van der Waals surface area contributed by atoms with Gasteiger partial charge in [0.05, 0.1) is 6.20 Å². The predicted molar refractivity (Wildman–Crippen MR) is 80.0 cm³/mol. The van der Waals surface area contributed by atoms with Crippen molar-refractivity contribution in [3.63, 3.8) is 0 Å². The Labute approximate surface area is 119 Å². The van der Waals surface area contributed by atoms with Crippen LogP contribution in [0.1, 0.15) is 32.0 Å². The number of aromatic nitrogens is 2. The molecule has 108 valence electrons. The molecule has 0 amide bonds. The molecule has 3 nitrogen and oxygen atoms in total. The maximum atomic E-state index is 14.1. The van der Waals surface area contributed by atoms with Crippen LogP contribution in [0.15, 0.2) is 24.4 Å². The highest BCUT2D eigenvalue weighted by atomic mass is 19.1. The van der Waals surface area contributed by atoms with E-state index in [1.54, 1.807) is 12.3 Å². The van der Waals surface area contributed by atoms with Crippen molar-refractivity contribution in [1.82, 2.24) is 15.1 Å². The summed E-state index contributed by atoms with van der Waals surface area (Å²) in [5, 5.41) is 7.53. The monoisotopic (exact) mass is 275 g/mol. The number of hydrogen-bond acceptors (Lipinski definition) is 2. The fourth-order valence-electron chi connectivity index (χ4n) is 2.22. The third-order valence-electron chi connectivity index (χ3n) is 3.47. The zero-order valence-electron chi connectivity index (χ0n) is 12.6. The summed E-state index contributed by atoms with van der Waals surface area (Å²) in [4.78, 5) is 0. The highest BCUT2D eigenvalue weighted by Crippen LogP contribution is 2.25. The molecule has 2 rings (SSSR count). The Morgan fingerprint density at radius 2 is 2.10 bits per heavy atom. The number of rotatable bonds is 5. The summed E-state index contributed by atoms with van der Waals surface area (Å²) in [6.45, 7) is 9.54. The SMILES string of the molecule is CCn1ncc(-c2ccc(CNC(C)C)c(F)c2)c1C. The van der Waals surface area contributed by atoms with Crippen LogP contribution in [0.3, 0.4) is 0 Å². The van der Waals surface area contributed by atoms with E-state index in [1.165, 1.54) is 0 Å². The third kappa shape index (κ3) is 3.07. The van der Waals surface area contributed by atoms with Gasteiger partial charge in [0.15, 0.2) is 0 Å². The van der Waals surface area contributed by atoms with Gasteiger partial charge >= 0.3 is 0 Å². The molecule has 0 saturated heterocycles. The van der Waals surface area contributed by atoms with Crippen molar-refractivity contribution in [1.29, 1.82) is 0 Å². The minimum atomic E-state index is -0.167. The summed E-state index contributed by atoms with van der Waals surface area (Å²) >= 11 is 0. The summed E-state index contributed by atoms with van der Waals surface area (Å²) in [6, 6.07) is 5.76. The lowest BCUT2D eigenvalue weighted by Crippen LogP contribution is -2.22. The van der Waals surface area contributed by atoms with Crippen LogP contribution in [0.25, 0.3) is 11.1 Å². The van der Waals surface area contributed by atoms with Crippen LogP contribution < -0.4 is 5.32 Å². The zero-order valence-corrected chi connectivity index (χ0v) is 12.6. The van der Waals surface area contributed by atoms with Gasteiger partial charge in [-0.1, -0.05) is 26.0 Å². The summed E-state index contributed by atoms with van der Waals surface area (Å²) in [6.07, 6.45) is 1.81. The molecule has 20 heavy (non-hydrogen) atoms. The minimum absolute atomic E-state index is 0.167. The van der Waals surface area contributed by atoms with E-state index >= 15 is 0 Å². The molecule has 0 aliphatic carbocycles. The summed E-state index contributed by atoms with van der Waals surface area (Å²) < 4.78 is 16.1. The molecule has 0 spiro atoms. The maximum Gasteiger partial charge on any atom is 0.128 e. The Morgan fingerprint density at radius 1 is 1.35 bits per heavy atom. The van der Waals surface area contributed by atoms with Gasteiger partial charge < -0.3 is 5.32 Å². The van der Waals surface area contributed by atoms with Crippen LogP contribution in [-0.2, 0) is 13.1 Å². The standard InChI is InChI=1S/C16H22FN3/c1-5-20-12(4)15(10-19-20)13-6-7-14(16(17)8-13)9-18-11(2)3/h6-8,10-11,18H,5,9H2,1-4H3. The second-order valence-corrected chi connectivity index (χ2v) is 5.30. The summed E-state index contributed by atoms with van der Waals surface area (Å²) in [5.74, 6) is -0.167. The Hall–Kier alpha value is -1.68. The molecule has 0 aliphatic rings. The highest BCUT2D eigenvalue weighted by molar-refractivity contribution is 5.65. The van der Waals surface area contributed by atoms with Crippen molar-refractivity contribution >= 4 is 0 Å². The highest BCUT2D eigenvalue weighted by Gasteiger charge is 2.10. The lowest BCUT2D eigenvalue weighted by molar-refractivity contribution is 0.553. The normalized spacial score (nSPS) is 11.3. The van der Waals surface area contributed by atoms with E-state index in [1.807, 2.05) is 30.7 Å². The van der Waals surface area contributed by atoms with Gasteiger partial charge in [0.1, 0.15) is 5.82 Å². The second kappa shape index (κ2) is 6.18. The number of aryl methyl sites for hydroxylation is 1. The second-order valence-electron chi connectivity index (χ2n) is 5.30. The molecular formula is C16H22FN3. The van der Waals surface area contributed by atoms with Gasteiger partial charge in [-0.15, -0.1) is 0 Å². The van der Waals surface area contributed by atoms with E-state index < -0.39 is 0 Å². The molecule has 4 heteroatoms. The average Bonchev–Trinajstić information content (AvgIpc) is 2.78. The summed E-state index contributed by atoms with van der Waals surface area (Å²) in [5.41, 5.74) is 3.64. The molecule has 1 aromatic heterocycles. The fraction of sp³-hybridized carbons (Fsp3) is 0.438. The third-order valence-corrected chi connectivity index (χ3v) is 3.47. The Kier molecular flexibility index (Phi) is 4.55. The molecular weight excluding hydrogens is 253 g/mol. The van der Waals surface area contributed by atoms with E-state index in [0.717, 1.165) is 23.4 Å². The van der Waals surface area contributed by atoms with Crippen molar-refractivity contribution in [2.45, 2.75) is 46.8 Å². The molecule has 2 aromatic rings. The van der Waals surface area contributed by atoms with Crippen LogP contribution in [0, 0.1) is 12.7 Å². The first-order valence-electron chi connectivity index (χ1n) is 7.07. The Morgan fingerprint density at radius 3 is 2.65 bits per heavy atom. The van der Waals surface area contributed by atoms with Crippen molar-refractivity contribution in [3.8, 4) is 11.1 Å². The van der Waals surface area contributed by atoms with Gasteiger partial charge in [0.25, 0.3) is 0 Å². The van der Waals surface area contributed by atoms with Crippen LogP contribution >= 0.6 is 0 Å². The van der Waals surface area contributed by atoms with Gasteiger partial charge in [-0.3, -0.25) is 4.68 Å². The van der Waals surface area contributed by atoms with Crippen LogP contribution in [0.4, 0.5) is 4.39 Å². The first kappa shape index (κ1) is 14.7. The molecule has 1 N–H and O–H groups in total. The molecule has 1 heterocycles. The Bertz CT molecular complexity index is 587. The smallest absolute Gasteiger partial charge is 0.128 e. The molecule has 0 radical (unpaired) electrons. The zero-order chi connectivity index (χ0) is 14.7. The van der Waals surface area contributed by atoms with Gasteiger partial charge in [-0.2, -0.15) is 5.10 Å². The summed E-state index contributed by atoms with van der Waals surface area (Å²) in [7, 11) is 0. The maximum absolute atomic E-state index is 14.1. The topological polar surface area (TPSA) is 29.9 Å². The quantitative estimate of drug-likeness (QED) is 0.905. The van der Waals surface area contributed by atoms with Crippen LogP contribution in [0.5, 0.6) is 0 Å². The predicted octanol–water partition coefficient (Wildman–Crippen LogP) is 3.52. The van der Waals surface area contributed by atoms with Gasteiger partial charge in [0.2, 0.25) is 0 Å².